The van der Waals surface area contributed by atoms with Gasteiger partial charge in [0.15, 0.2) is 0 Å². The van der Waals surface area contributed by atoms with Crippen LogP contribution >= 0.6 is 11.6 Å². The van der Waals surface area contributed by atoms with E-state index in [9.17, 15) is 14.7 Å². The summed E-state index contributed by atoms with van der Waals surface area (Å²) in [6.07, 6.45) is 0.826. The van der Waals surface area contributed by atoms with E-state index in [1.54, 1.807) is 36.4 Å². The highest BCUT2D eigenvalue weighted by Crippen LogP contribution is 2.46. The minimum absolute atomic E-state index is 0.108. The number of aryl methyl sites for hydroxylation is 1. The SMILES string of the molecule is CCc1ccc(N2C(=O)C(=O)/C(=C(/O)c3cc(Cl)c(OC)cc3OC)C2c2ccccc2OC)cc1. The Kier molecular flexibility index (Phi) is 7.22. The van der Waals surface area contributed by atoms with Crippen molar-refractivity contribution in [2.24, 2.45) is 0 Å². The van der Waals surface area contributed by atoms with Crippen molar-refractivity contribution >= 4 is 34.7 Å². The molecule has 3 aromatic carbocycles. The highest BCUT2D eigenvalue weighted by atomic mass is 35.5. The number of aliphatic hydroxyl groups is 1. The van der Waals surface area contributed by atoms with Gasteiger partial charge in [-0.05, 0) is 36.2 Å². The van der Waals surface area contributed by atoms with Gasteiger partial charge in [0.2, 0.25) is 0 Å². The van der Waals surface area contributed by atoms with E-state index in [0.29, 0.717) is 22.7 Å². The predicted molar refractivity (Wildman–Crippen MR) is 138 cm³/mol. The highest BCUT2D eigenvalue weighted by Gasteiger charge is 2.48. The smallest absolute Gasteiger partial charge is 0.300 e. The van der Waals surface area contributed by atoms with E-state index >= 15 is 0 Å². The molecule has 7 nitrogen and oxygen atoms in total. The van der Waals surface area contributed by atoms with Crippen LogP contribution in [0, 0.1) is 0 Å². The molecule has 1 aliphatic rings. The van der Waals surface area contributed by atoms with Crippen molar-refractivity contribution < 1.29 is 28.9 Å². The summed E-state index contributed by atoms with van der Waals surface area (Å²) in [7, 11) is 4.38. The number of aliphatic hydroxyl groups excluding tert-OH is 1. The Hall–Kier alpha value is -3.97. The van der Waals surface area contributed by atoms with Gasteiger partial charge >= 0.3 is 0 Å². The van der Waals surface area contributed by atoms with Crippen molar-refractivity contribution in [1.82, 2.24) is 0 Å². The summed E-state index contributed by atoms with van der Waals surface area (Å²) in [6, 6.07) is 16.4. The number of halogens is 1. The molecular formula is C28H26ClNO6. The molecular weight excluding hydrogens is 482 g/mol. The molecule has 186 valence electrons. The van der Waals surface area contributed by atoms with E-state index in [2.05, 4.69) is 0 Å². The molecule has 1 atom stereocenters. The standard InChI is InChI=1S/C28H26ClNO6/c1-5-16-10-12-17(13-11-16)30-25(18-8-6-7-9-21(18)34-2)24(27(32)28(30)33)26(31)19-14-20(29)23(36-4)15-22(19)35-3/h6-15,25,31H,5H2,1-4H3/b26-24+. The Bertz CT molecular complexity index is 1350. The maximum atomic E-state index is 13.5. The monoisotopic (exact) mass is 507 g/mol. The van der Waals surface area contributed by atoms with Gasteiger partial charge in [0.05, 0.1) is 43.5 Å². The second-order valence-electron chi connectivity index (χ2n) is 8.12. The van der Waals surface area contributed by atoms with E-state index < -0.39 is 23.5 Å². The summed E-state index contributed by atoms with van der Waals surface area (Å²) in [5.41, 5.74) is 2.19. The number of carbonyl (C=O) groups excluding carboxylic acids is 2. The lowest BCUT2D eigenvalue weighted by molar-refractivity contribution is -0.132. The Labute approximate surface area is 214 Å². The summed E-state index contributed by atoms with van der Waals surface area (Å²) >= 11 is 6.33. The zero-order valence-electron chi connectivity index (χ0n) is 20.4. The maximum absolute atomic E-state index is 13.5. The Morgan fingerprint density at radius 1 is 0.917 bits per heavy atom. The lowest BCUT2D eigenvalue weighted by Gasteiger charge is -2.27. The molecule has 0 aliphatic carbocycles. The molecule has 1 saturated heterocycles. The molecule has 0 bridgehead atoms. The van der Waals surface area contributed by atoms with Crippen molar-refractivity contribution in [3.63, 3.8) is 0 Å². The average Bonchev–Trinajstić information content (AvgIpc) is 3.17. The lowest BCUT2D eigenvalue weighted by Crippen LogP contribution is -2.29. The molecule has 36 heavy (non-hydrogen) atoms. The van der Waals surface area contributed by atoms with Crippen molar-refractivity contribution in [3.05, 3.63) is 87.9 Å². The van der Waals surface area contributed by atoms with Gasteiger partial charge in [-0.3, -0.25) is 14.5 Å². The van der Waals surface area contributed by atoms with E-state index in [4.69, 9.17) is 25.8 Å². The lowest BCUT2D eigenvalue weighted by atomic mass is 9.94. The maximum Gasteiger partial charge on any atom is 0.300 e. The first-order chi connectivity index (χ1) is 17.4. The molecule has 0 radical (unpaired) electrons. The van der Waals surface area contributed by atoms with Gasteiger partial charge in [-0.2, -0.15) is 0 Å². The van der Waals surface area contributed by atoms with Crippen LogP contribution in [0.5, 0.6) is 17.2 Å². The number of ketones is 1. The molecule has 1 heterocycles. The molecule has 1 amide bonds. The fourth-order valence-electron chi connectivity index (χ4n) is 4.37. The summed E-state index contributed by atoms with van der Waals surface area (Å²) in [4.78, 5) is 28.3. The Balaban J connectivity index is 2.00. The topological polar surface area (TPSA) is 85.3 Å². The third-order valence-electron chi connectivity index (χ3n) is 6.23. The Morgan fingerprint density at radius 3 is 2.17 bits per heavy atom. The Morgan fingerprint density at radius 2 is 1.56 bits per heavy atom. The molecule has 0 spiro atoms. The molecule has 0 saturated carbocycles. The first-order valence-electron chi connectivity index (χ1n) is 11.3. The first-order valence-corrected chi connectivity index (χ1v) is 11.7. The number of carbonyl (C=O) groups is 2. The number of amides is 1. The molecule has 0 aromatic heterocycles. The van der Waals surface area contributed by atoms with Gasteiger partial charge in [-0.1, -0.05) is 48.9 Å². The van der Waals surface area contributed by atoms with Crippen LogP contribution < -0.4 is 19.1 Å². The van der Waals surface area contributed by atoms with Gasteiger partial charge in [0.1, 0.15) is 23.0 Å². The molecule has 1 fully saturated rings. The van der Waals surface area contributed by atoms with Gasteiger partial charge < -0.3 is 19.3 Å². The van der Waals surface area contributed by atoms with Crippen LogP contribution in [0.15, 0.2) is 66.2 Å². The van der Waals surface area contributed by atoms with E-state index in [0.717, 1.165) is 12.0 Å². The number of nitrogens with zero attached hydrogens (tertiary/aromatic N) is 1. The molecule has 3 aromatic rings. The van der Waals surface area contributed by atoms with Crippen LogP contribution in [0.4, 0.5) is 5.69 Å². The fraction of sp³-hybridized carbons (Fsp3) is 0.214. The van der Waals surface area contributed by atoms with Crippen LogP contribution in [0.25, 0.3) is 5.76 Å². The largest absolute Gasteiger partial charge is 0.507 e. The number of para-hydroxylation sites is 1. The number of ether oxygens (including phenoxy) is 3. The number of hydrogen-bond donors (Lipinski definition) is 1. The predicted octanol–water partition coefficient (Wildman–Crippen LogP) is 5.55. The quantitative estimate of drug-likeness (QED) is 0.256. The zero-order chi connectivity index (χ0) is 26.0. The van der Waals surface area contributed by atoms with Gasteiger partial charge in [0.25, 0.3) is 11.7 Å². The van der Waals surface area contributed by atoms with Crippen LogP contribution in [-0.4, -0.2) is 38.1 Å². The summed E-state index contributed by atoms with van der Waals surface area (Å²) in [6.45, 7) is 2.03. The third kappa shape index (κ3) is 4.27. The fourth-order valence-corrected chi connectivity index (χ4v) is 4.61. The second-order valence-corrected chi connectivity index (χ2v) is 8.53. The number of methoxy groups -OCH3 is 3. The van der Waals surface area contributed by atoms with Gasteiger partial charge in [-0.15, -0.1) is 0 Å². The van der Waals surface area contributed by atoms with Gasteiger partial charge in [-0.25, -0.2) is 0 Å². The number of benzene rings is 3. The zero-order valence-corrected chi connectivity index (χ0v) is 21.1. The van der Waals surface area contributed by atoms with Crippen molar-refractivity contribution in [2.45, 2.75) is 19.4 Å². The van der Waals surface area contributed by atoms with Crippen molar-refractivity contribution in [3.8, 4) is 17.2 Å². The molecule has 1 aliphatic heterocycles. The van der Waals surface area contributed by atoms with Crippen LogP contribution in [0.2, 0.25) is 5.02 Å². The average molecular weight is 508 g/mol. The minimum Gasteiger partial charge on any atom is -0.507 e. The van der Waals surface area contributed by atoms with Crippen molar-refractivity contribution in [1.29, 1.82) is 0 Å². The van der Waals surface area contributed by atoms with Crippen LogP contribution in [-0.2, 0) is 16.0 Å². The molecule has 8 heteroatoms. The minimum atomic E-state index is -0.959. The molecule has 1 unspecified atom stereocenters. The van der Waals surface area contributed by atoms with E-state index in [-0.39, 0.29) is 21.9 Å². The molecule has 1 N–H and O–H groups in total. The summed E-state index contributed by atoms with van der Waals surface area (Å²) in [5, 5.41) is 11.7. The number of Topliss-reactive ketones (excluding diaryl/α,β-unsaturated/α-hetero) is 1. The summed E-state index contributed by atoms with van der Waals surface area (Å²) < 4.78 is 16.2. The summed E-state index contributed by atoms with van der Waals surface area (Å²) in [5.74, 6) is -0.996. The number of hydrogen-bond acceptors (Lipinski definition) is 6. The van der Waals surface area contributed by atoms with E-state index in [1.165, 1.54) is 38.4 Å². The first kappa shape index (κ1) is 25.1. The van der Waals surface area contributed by atoms with Crippen molar-refractivity contribution in [2.75, 3.05) is 26.2 Å². The van der Waals surface area contributed by atoms with Crippen LogP contribution in [0.1, 0.15) is 29.7 Å². The van der Waals surface area contributed by atoms with Gasteiger partial charge in [0, 0.05) is 17.3 Å². The highest BCUT2D eigenvalue weighted by molar-refractivity contribution is 6.51. The molecule has 4 rings (SSSR count). The number of rotatable bonds is 7. The third-order valence-corrected chi connectivity index (χ3v) is 6.53. The van der Waals surface area contributed by atoms with Crippen LogP contribution in [0.3, 0.4) is 0 Å². The number of anilines is 1. The second kappa shape index (κ2) is 10.3. The van der Waals surface area contributed by atoms with E-state index in [1.807, 2.05) is 19.1 Å². The normalized spacial score (nSPS) is 16.8.